The maximum absolute atomic E-state index is 13.4. The number of methoxy groups -OCH3 is 1. The van der Waals surface area contributed by atoms with Crippen molar-refractivity contribution in [2.24, 2.45) is 0 Å². The molecule has 0 unspecified atom stereocenters. The molecule has 1 aromatic carbocycles. The first kappa shape index (κ1) is 12.2. The van der Waals surface area contributed by atoms with Gasteiger partial charge in [-0.2, -0.15) is 13.8 Å². The van der Waals surface area contributed by atoms with Crippen LogP contribution >= 0.6 is 0 Å². The summed E-state index contributed by atoms with van der Waals surface area (Å²) >= 11 is 0. The molecule has 2 aromatic rings. The summed E-state index contributed by atoms with van der Waals surface area (Å²) < 4.78 is 31.1. The van der Waals surface area contributed by atoms with E-state index < -0.39 is 17.7 Å². The van der Waals surface area contributed by atoms with Crippen molar-refractivity contribution < 1.29 is 18.3 Å². The van der Waals surface area contributed by atoms with E-state index in [2.05, 4.69) is 4.98 Å². The van der Waals surface area contributed by atoms with Crippen LogP contribution in [0.5, 0.6) is 5.75 Å². The average molecular weight is 249 g/mol. The molecule has 92 valence electrons. The molecule has 0 aliphatic carbocycles. The van der Waals surface area contributed by atoms with Crippen molar-refractivity contribution in [1.29, 1.82) is 0 Å². The van der Waals surface area contributed by atoms with Gasteiger partial charge in [0.1, 0.15) is 5.75 Å². The van der Waals surface area contributed by atoms with Gasteiger partial charge in [0, 0.05) is 0 Å². The van der Waals surface area contributed by atoms with Crippen molar-refractivity contribution in [3.8, 4) is 5.75 Å². The molecule has 0 saturated heterocycles. The number of ether oxygens (including phenoxy) is 1. The fraction of sp³-hybridized carbons (Fsp3) is 0.0769. The first-order chi connectivity index (χ1) is 8.63. The van der Waals surface area contributed by atoms with Gasteiger partial charge in [-0.25, -0.2) is 0 Å². The minimum absolute atomic E-state index is 0.201. The van der Waals surface area contributed by atoms with E-state index in [-0.39, 0.29) is 11.1 Å². The predicted octanol–water partition coefficient (Wildman–Crippen LogP) is 2.60. The van der Waals surface area contributed by atoms with E-state index in [0.29, 0.717) is 5.75 Å². The minimum atomic E-state index is -1.13. The molecular weight excluding hydrogens is 240 g/mol. The number of carbonyl (C=O) groups excluding carboxylic acids is 1. The first-order valence-corrected chi connectivity index (χ1v) is 5.13. The monoisotopic (exact) mass is 249 g/mol. The van der Waals surface area contributed by atoms with Crippen LogP contribution in [0, 0.1) is 11.9 Å². The third kappa shape index (κ3) is 2.20. The van der Waals surface area contributed by atoms with Gasteiger partial charge < -0.3 is 4.74 Å². The summed E-state index contributed by atoms with van der Waals surface area (Å²) in [5, 5.41) is 0. The lowest BCUT2D eigenvalue weighted by Gasteiger charge is -2.07. The van der Waals surface area contributed by atoms with Gasteiger partial charge in [-0.1, -0.05) is 12.1 Å². The van der Waals surface area contributed by atoms with Gasteiger partial charge >= 0.3 is 0 Å². The van der Waals surface area contributed by atoms with Crippen LogP contribution in [-0.2, 0) is 0 Å². The lowest BCUT2D eigenvalue weighted by atomic mass is 10.0. The largest absolute Gasteiger partial charge is 0.496 e. The van der Waals surface area contributed by atoms with Crippen molar-refractivity contribution >= 4 is 5.78 Å². The van der Waals surface area contributed by atoms with Crippen molar-refractivity contribution in [3.63, 3.8) is 0 Å². The number of hydrogen-bond donors (Lipinski definition) is 0. The molecule has 18 heavy (non-hydrogen) atoms. The molecule has 0 saturated carbocycles. The highest BCUT2D eigenvalue weighted by Gasteiger charge is 2.18. The Bertz CT molecular complexity index is 599. The van der Waals surface area contributed by atoms with Crippen LogP contribution in [0.2, 0.25) is 0 Å². The normalized spacial score (nSPS) is 10.2. The van der Waals surface area contributed by atoms with Gasteiger partial charge in [0.2, 0.25) is 17.7 Å². The molecule has 1 aromatic heterocycles. The SMILES string of the molecule is COc1ccccc1C(=O)c1ccc(F)nc1F. The van der Waals surface area contributed by atoms with Crippen LogP contribution in [0.4, 0.5) is 8.78 Å². The molecule has 0 fully saturated rings. The molecule has 0 aliphatic rings. The molecule has 5 heteroatoms. The van der Waals surface area contributed by atoms with Crippen LogP contribution in [0.3, 0.4) is 0 Å². The quantitative estimate of drug-likeness (QED) is 0.620. The summed E-state index contributed by atoms with van der Waals surface area (Å²) in [4.78, 5) is 15.1. The smallest absolute Gasteiger partial charge is 0.226 e. The topological polar surface area (TPSA) is 39.2 Å². The average Bonchev–Trinajstić information content (AvgIpc) is 2.38. The standard InChI is InChI=1S/C13H9F2NO2/c1-18-10-5-3-2-4-8(10)12(17)9-6-7-11(14)16-13(9)15/h2-7H,1H3. The van der Waals surface area contributed by atoms with E-state index in [4.69, 9.17) is 4.74 Å². The third-order valence-corrected chi connectivity index (χ3v) is 2.41. The molecule has 0 radical (unpaired) electrons. The molecule has 0 amide bonds. The predicted molar refractivity (Wildman–Crippen MR) is 60.6 cm³/mol. The van der Waals surface area contributed by atoms with Crippen LogP contribution in [-0.4, -0.2) is 17.9 Å². The molecule has 3 nitrogen and oxygen atoms in total. The fourth-order valence-electron chi connectivity index (χ4n) is 1.56. The molecule has 0 N–H and O–H groups in total. The molecule has 0 aliphatic heterocycles. The molecule has 0 bridgehead atoms. The first-order valence-electron chi connectivity index (χ1n) is 5.13. The molecule has 0 spiro atoms. The van der Waals surface area contributed by atoms with Gasteiger partial charge in [0.25, 0.3) is 0 Å². The maximum Gasteiger partial charge on any atom is 0.226 e. The number of nitrogens with zero attached hydrogens (tertiary/aromatic N) is 1. The Morgan fingerprint density at radius 2 is 1.83 bits per heavy atom. The number of ketones is 1. The lowest BCUT2D eigenvalue weighted by Crippen LogP contribution is -2.08. The minimum Gasteiger partial charge on any atom is -0.496 e. The van der Waals surface area contributed by atoms with E-state index in [1.807, 2.05) is 0 Å². The van der Waals surface area contributed by atoms with Crippen molar-refractivity contribution in [1.82, 2.24) is 4.98 Å². The van der Waals surface area contributed by atoms with Crippen LogP contribution < -0.4 is 4.74 Å². The fourth-order valence-corrected chi connectivity index (χ4v) is 1.56. The summed E-state index contributed by atoms with van der Waals surface area (Å²) in [5.41, 5.74) is -0.0896. The Hall–Kier alpha value is -2.30. The van der Waals surface area contributed by atoms with Crippen LogP contribution in [0.1, 0.15) is 15.9 Å². The summed E-state index contributed by atoms with van der Waals surface area (Å²) in [6.45, 7) is 0. The van der Waals surface area contributed by atoms with E-state index in [9.17, 15) is 13.6 Å². The number of pyridine rings is 1. The summed E-state index contributed by atoms with van der Waals surface area (Å²) in [6.07, 6.45) is 0. The number of hydrogen-bond acceptors (Lipinski definition) is 3. The number of carbonyl (C=O) groups is 1. The lowest BCUT2D eigenvalue weighted by molar-refractivity contribution is 0.103. The highest BCUT2D eigenvalue weighted by Crippen LogP contribution is 2.21. The molecule has 0 atom stereocenters. The van der Waals surface area contributed by atoms with E-state index in [1.54, 1.807) is 18.2 Å². The Labute approximate surface area is 102 Å². The third-order valence-electron chi connectivity index (χ3n) is 2.41. The van der Waals surface area contributed by atoms with Crippen molar-refractivity contribution in [2.45, 2.75) is 0 Å². The Morgan fingerprint density at radius 1 is 1.11 bits per heavy atom. The summed E-state index contributed by atoms with van der Waals surface area (Å²) in [6, 6.07) is 8.41. The second-order valence-electron chi connectivity index (χ2n) is 3.50. The van der Waals surface area contributed by atoms with Gasteiger partial charge in [-0.05, 0) is 24.3 Å². The zero-order valence-electron chi connectivity index (χ0n) is 9.48. The van der Waals surface area contributed by atoms with Crippen LogP contribution in [0.15, 0.2) is 36.4 Å². The highest BCUT2D eigenvalue weighted by molar-refractivity contribution is 6.10. The van der Waals surface area contributed by atoms with Gasteiger partial charge in [0.15, 0.2) is 0 Å². The number of para-hydroxylation sites is 1. The number of halogens is 2. The number of rotatable bonds is 3. The Morgan fingerprint density at radius 3 is 2.50 bits per heavy atom. The summed E-state index contributed by atoms with van der Waals surface area (Å²) in [7, 11) is 1.41. The van der Waals surface area contributed by atoms with E-state index in [0.717, 1.165) is 12.1 Å². The number of aromatic nitrogens is 1. The van der Waals surface area contributed by atoms with E-state index in [1.165, 1.54) is 13.2 Å². The Kier molecular flexibility index (Phi) is 3.32. The Balaban J connectivity index is 2.48. The number of benzene rings is 1. The maximum atomic E-state index is 13.4. The second-order valence-corrected chi connectivity index (χ2v) is 3.50. The van der Waals surface area contributed by atoms with Crippen molar-refractivity contribution in [2.75, 3.05) is 7.11 Å². The van der Waals surface area contributed by atoms with E-state index >= 15 is 0 Å². The summed E-state index contributed by atoms with van der Waals surface area (Å²) in [5.74, 6) is -2.38. The van der Waals surface area contributed by atoms with Crippen molar-refractivity contribution in [3.05, 3.63) is 59.4 Å². The van der Waals surface area contributed by atoms with Gasteiger partial charge in [-0.15, -0.1) is 0 Å². The van der Waals surface area contributed by atoms with Crippen LogP contribution in [0.25, 0.3) is 0 Å². The second kappa shape index (κ2) is 4.91. The molecule has 2 rings (SSSR count). The molecular formula is C13H9F2NO2. The zero-order valence-corrected chi connectivity index (χ0v) is 9.48. The van der Waals surface area contributed by atoms with Gasteiger partial charge in [-0.3, -0.25) is 4.79 Å². The zero-order chi connectivity index (χ0) is 13.1. The van der Waals surface area contributed by atoms with Gasteiger partial charge in [0.05, 0.1) is 18.2 Å². The molecule has 1 heterocycles. The highest BCUT2D eigenvalue weighted by atomic mass is 19.1.